The second-order valence-electron chi connectivity index (χ2n) is 4.71. The van der Waals surface area contributed by atoms with Gasteiger partial charge in [0.05, 0.1) is 13.2 Å². The van der Waals surface area contributed by atoms with Crippen LogP contribution in [-0.2, 0) is 4.79 Å². The number of carbonyl (C=O) groups is 1. The molecule has 1 amide bonds. The standard InChI is InChI=1S/C19H19NO2/c21-19(14-8-16-22-18-12-5-2-6-13-18)20-15-7-11-17-9-3-1-4-10-17/h1-6,9-10,12-13H,8,14-16H2,(H,20,21). The van der Waals surface area contributed by atoms with Crippen LogP contribution in [0.25, 0.3) is 0 Å². The van der Waals surface area contributed by atoms with E-state index in [1.54, 1.807) is 0 Å². The van der Waals surface area contributed by atoms with Crippen LogP contribution < -0.4 is 10.1 Å². The van der Waals surface area contributed by atoms with E-state index < -0.39 is 0 Å². The molecule has 0 fully saturated rings. The summed E-state index contributed by atoms with van der Waals surface area (Å²) in [6.07, 6.45) is 1.13. The van der Waals surface area contributed by atoms with Gasteiger partial charge in [-0.3, -0.25) is 4.79 Å². The Labute approximate surface area is 131 Å². The van der Waals surface area contributed by atoms with Gasteiger partial charge in [-0.15, -0.1) is 0 Å². The summed E-state index contributed by atoms with van der Waals surface area (Å²) in [4.78, 5) is 11.6. The van der Waals surface area contributed by atoms with Crippen LogP contribution in [0.1, 0.15) is 18.4 Å². The first-order valence-corrected chi connectivity index (χ1v) is 7.33. The van der Waals surface area contributed by atoms with E-state index in [-0.39, 0.29) is 5.91 Å². The number of hydrogen-bond acceptors (Lipinski definition) is 2. The third-order valence-corrected chi connectivity index (χ3v) is 2.94. The first kappa shape index (κ1) is 15.7. The number of ether oxygens (including phenoxy) is 1. The van der Waals surface area contributed by atoms with Gasteiger partial charge >= 0.3 is 0 Å². The van der Waals surface area contributed by atoms with Crippen LogP contribution in [0.2, 0.25) is 0 Å². The molecule has 0 atom stereocenters. The van der Waals surface area contributed by atoms with Crippen LogP contribution in [-0.4, -0.2) is 19.1 Å². The molecular weight excluding hydrogens is 274 g/mol. The van der Waals surface area contributed by atoms with Crippen molar-refractivity contribution in [1.82, 2.24) is 5.32 Å². The molecule has 3 heteroatoms. The lowest BCUT2D eigenvalue weighted by molar-refractivity contribution is -0.121. The largest absolute Gasteiger partial charge is 0.494 e. The minimum Gasteiger partial charge on any atom is -0.494 e. The molecule has 0 aromatic heterocycles. The molecule has 0 aliphatic carbocycles. The van der Waals surface area contributed by atoms with Gasteiger partial charge in [0.2, 0.25) is 5.91 Å². The predicted octanol–water partition coefficient (Wildman–Crippen LogP) is 3.01. The van der Waals surface area contributed by atoms with Crippen molar-refractivity contribution < 1.29 is 9.53 Å². The summed E-state index contributed by atoms with van der Waals surface area (Å²) in [5.41, 5.74) is 0.952. The van der Waals surface area contributed by atoms with Crippen molar-refractivity contribution in [2.24, 2.45) is 0 Å². The van der Waals surface area contributed by atoms with Crippen molar-refractivity contribution in [3.05, 3.63) is 66.2 Å². The van der Waals surface area contributed by atoms with Gasteiger partial charge in [-0.25, -0.2) is 0 Å². The molecule has 0 aliphatic rings. The lowest BCUT2D eigenvalue weighted by Crippen LogP contribution is -2.23. The molecule has 3 nitrogen and oxygen atoms in total. The molecule has 0 saturated carbocycles. The molecule has 0 aliphatic heterocycles. The second kappa shape index (κ2) is 9.25. The number of carbonyl (C=O) groups excluding carboxylic acids is 1. The van der Waals surface area contributed by atoms with Crippen LogP contribution >= 0.6 is 0 Å². The van der Waals surface area contributed by atoms with Gasteiger partial charge in [0, 0.05) is 12.0 Å². The Balaban J connectivity index is 1.58. The van der Waals surface area contributed by atoms with E-state index in [4.69, 9.17) is 4.74 Å². The summed E-state index contributed by atoms with van der Waals surface area (Å²) in [5, 5.41) is 2.78. The van der Waals surface area contributed by atoms with Gasteiger partial charge in [0.25, 0.3) is 0 Å². The Kier molecular flexibility index (Phi) is 6.58. The molecule has 0 spiro atoms. The van der Waals surface area contributed by atoms with Gasteiger partial charge in [-0.1, -0.05) is 48.2 Å². The molecule has 0 saturated heterocycles. The summed E-state index contributed by atoms with van der Waals surface area (Å²) in [5.74, 6) is 6.76. The molecule has 0 radical (unpaired) electrons. The topological polar surface area (TPSA) is 38.3 Å². The Morgan fingerprint density at radius 1 is 1.00 bits per heavy atom. The maximum absolute atomic E-state index is 11.6. The van der Waals surface area contributed by atoms with Crippen LogP contribution in [0.3, 0.4) is 0 Å². The lowest BCUT2D eigenvalue weighted by Gasteiger charge is -2.05. The van der Waals surface area contributed by atoms with Gasteiger partial charge in [0.15, 0.2) is 0 Å². The summed E-state index contributed by atoms with van der Waals surface area (Å²) < 4.78 is 5.53. The number of nitrogens with one attached hydrogen (secondary N) is 1. The van der Waals surface area contributed by atoms with Crippen LogP contribution in [0, 0.1) is 11.8 Å². The SMILES string of the molecule is O=C(CCCOc1ccccc1)NCC#Cc1ccccc1. The van der Waals surface area contributed by atoms with Gasteiger partial charge in [-0.2, -0.15) is 0 Å². The third kappa shape index (κ3) is 6.15. The lowest BCUT2D eigenvalue weighted by atomic mass is 10.2. The first-order valence-electron chi connectivity index (χ1n) is 7.33. The van der Waals surface area contributed by atoms with E-state index in [0.717, 1.165) is 11.3 Å². The molecule has 112 valence electrons. The van der Waals surface area contributed by atoms with E-state index in [0.29, 0.717) is 26.0 Å². The highest BCUT2D eigenvalue weighted by molar-refractivity contribution is 5.76. The number of benzene rings is 2. The van der Waals surface area contributed by atoms with Gasteiger partial charge < -0.3 is 10.1 Å². The quantitative estimate of drug-likeness (QED) is 0.657. The minimum absolute atomic E-state index is 0.000904. The van der Waals surface area contributed by atoms with E-state index in [9.17, 15) is 4.79 Å². The summed E-state index contributed by atoms with van der Waals surface area (Å²) in [7, 11) is 0. The molecule has 0 unspecified atom stereocenters. The van der Waals surface area contributed by atoms with Crippen molar-refractivity contribution in [3.8, 4) is 17.6 Å². The number of hydrogen-bond donors (Lipinski definition) is 1. The molecule has 2 aromatic rings. The Morgan fingerprint density at radius 3 is 2.41 bits per heavy atom. The highest BCUT2D eigenvalue weighted by Crippen LogP contribution is 2.08. The summed E-state index contributed by atoms with van der Waals surface area (Å²) >= 11 is 0. The fourth-order valence-corrected chi connectivity index (χ4v) is 1.84. The second-order valence-corrected chi connectivity index (χ2v) is 4.71. The van der Waals surface area contributed by atoms with Crippen LogP contribution in [0.4, 0.5) is 0 Å². The summed E-state index contributed by atoms with van der Waals surface area (Å²) in [6.45, 7) is 0.903. The molecule has 1 N–H and O–H groups in total. The molecule has 2 aromatic carbocycles. The van der Waals surface area contributed by atoms with E-state index >= 15 is 0 Å². The molecule has 0 bridgehead atoms. The van der Waals surface area contributed by atoms with Crippen molar-refractivity contribution >= 4 is 5.91 Å². The molecule has 0 heterocycles. The van der Waals surface area contributed by atoms with Crippen LogP contribution in [0.5, 0.6) is 5.75 Å². The number of rotatable bonds is 6. The Hall–Kier alpha value is -2.73. The first-order chi connectivity index (χ1) is 10.8. The average molecular weight is 293 g/mol. The number of amides is 1. The Bertz CT molecular complexity index is 627. The molecule has 22 heavy (non-hydrogen) atoms. The van der Waals surface area contributed by atoms with Crippen molar-refractivity contribution in [1.29, 1.82) is 0 Å². The molecule has 2 rings (SSSR count). The zero-order chi connectivity index (χ0) is 15.5. The average Bonchev–Trinajstić information content (AvgIpc) is 2.57. The Morgan fingerprint density at radius 2 is 1.68 bits per heavy atom. The fraction of sp³-hybridized carbons (Fsp3) is 0.211. The zero-order valence-electron chi connectivity index (χ0n) is 12.4. The van der Waals surface area contributed by atoms with Crippen molar-refractivity contribution in [2.75, 3.05) is 13.2 Å². The van der Waals surface area contributed by atoms with Crippen molar-refractivity contribution in [2.45, 2.75) is 12.8 Å². The molecular formula is C19H19NO2. The zero-order valence-corrected chi connectivity index (χ0v) is 12.4. The van der Waals surface area contributed by atoms with E-state index in [1.807, 2.05) is 60.7 Å². The fourth-order valence-electron chi connectivity index (χ4n) is 1.84. The third-order valence-electron chi connectivity index (χ3n) is 2.94. The summed E-state index contributed by atoms with van der Waals surface area (Å²) in [6, 6.07) is 19.3. The monoisotopic (exact) mass is 293 g/mol. The maximum Gasteiger partial charge on any atom is 0.220 e. The van der Waals surface area contributed by atoms with Gasteiger partial charge in [-0.05, 0) is 30.7 Å². The van der Waals surface area contributed by atoms with Crippen LogP contribution in [0.15, 0.2) is 60.7 Å². The number of para-hydroxylation sites is 1. The minimum atomic E-state index is -0.000904. The predicted molar refractivity (Wildman–Crippen MR) is 87.5 cm³/mol. The van der Waals surface area contributed by atoms with E-state index in [2.05, 4.69) is 17.2 Å². The highest BCUT2D eigenvalue weighted by Gasteiger charge is 1.99. The maximum atomic E-state index is 11.6. The van der Waals surface area contributed by atoms with E-state index in [1.165, 1.54) is 0 Å². The normalized spacial score (nSPS) is 9.45. The van der Waals surface area contributed by atoms with Crippen molar-refractivity contribution in [3.63, 3.8) is 0 Å². The highest BCUT2D eigenvalue weighted by atomic mass is 16.5. The van der Waals surface area contributed by atoms with Gasteiger partial charge in [0.1, 0.15) is 5.75 Å². The smallest absolute Gasteiger partial charge is 0.220 e.